The molecule has 0 saturated carbocycles. The van der Waals surface area contributed by atoms with E-state index in [1.165, 1.54) is 0 Å². The third-order valence-corrected chi connectivity index (χ3v) is 3.42. The predicted molar refractivity (Wildman–Crippen MR) is 49.0 cm³/mol. The van der Waals surface area contributed by atoms with Crippen LogP contribution in [-0.2, 0) is 14.3 Å². The topological polar surface area (TPSA) is 55.8 Å². The van der Waals surface area contributed by atoms with Crippen LogP contribution < -0.4 is 0 Å². The Bertz CT molecular complexity index is 220. The minimum Gasteiger partial charge on any atom is -0.481 e. The van der Waals surface area contributed by atoms with Gasteiger partial charge in [0.25, 0.3) is 0 Å². The summed E-state index contributed by atoms with van der Waals surface area (Å²) in [5, 5.41) is 8.83. The van der Waals surface area contributed by atoms with Crippen molar-refractivity contribution in [1.82, 2.24) is 0 Å². The minimum atomic E-state index is -0.705. The van der Waals surface area contributed by atoms with Crippen LogP contribution in [0.15, 0.2) is 0 Å². The highest BCUT2D eigenvalue weighted by atomic mass is 16.5. The zero-order chi connectivity index (χ0) is 10.0. The number of carbonyl (C=O) groups is 1. The molecule has 0 aromatic rings. The largest absolute Gasteiger partial charge is 0.481 e. The number of hydrogen-bond donors (Lipinski definition) is 1. The van der Waals surface area contributed by atoms with E-state index in [0.717, 1.165) is 19.4 Å². The van der Waals surface area contributed by atoms with Gasteiger partial charge < -0.3 is 14.6 Å². The van der Waals surface area contributed by atoms with Crippen LogP contribution in [0.1, 0.15) is 19.3 Å². The number of carboxylic acid groups (broad SMARTS) is 1. The van der Waals surface area contributed by atoms with E-state index < -0.39 is 5.97 Å². The molecule has 4 nitrogen and oxygen atoms in total. The van der Waals surface area contributed by atoms with Gasteiger partial charge in [0.2, 0.25) is 0 Å². The van der Waals surface area contributed by atoms with Crippen molar-refractivity contribution in [2.24, 2.45) is 11.3 Å². The molecule has 0 radical (unpaired) electrons. The quantitative estimate of drug-likeness (QED) is 0.719. The molecule has 0 aliphatic carbocycles. The predicted octanol–water partition coefficient (Wildman–Crippen LogP) is 0.904. The van der Waals surface area contributed by atoms with Gasteiger partial charge in [-0.2, -0.15) is 0 Å². The molecule has 14 heavy (non-hydrogen) atoms. The van der Waals surface area contributed by atoms with Crippen LogP contribution in [0.4, 0.5) is 0 Å². The second-order valence-corrected chi connectivity index (χ2v) is 4.30. The summed E-state index contributed by atoms with van der Waals surface area (Å²) in [7, 11) is 0. The van der Waals surface area contributed by atoms with Crippen molar-refractivity contribution in [2.45, 2.75) is 19.3 Å². The highest BCUT2D eigenvalue weighted by Gasteiger charge is 2.45. The Labute approximate surface area is 83.2 Å². The number of rotatable bonds is 2. The Hall–Kier alpha value is -0.610. The summed E-state index contributed by atoms with van der Waals surface area (Å²) >= 11 is 0. The molecule has 0 amide bonds. The molecule has 2 saturated heterocycles. The number of aliphatic carboxylic acids is 1. The van der Waals surface area contributed by atoms with E-state index in [4.69, 9.17) is 14.6 Å². The Morgan fingerprint density at radius 1 is 1.36 bits per heavy atom. The van der Waals surface area contributed by atoms with Gasteiger partial charge in [-0.1, -0.05) is 0 Å². The van der Waals surface area contributed by atoms with Crippen molar-refractivity contribution in [3.05, 3.63) is 0 Å². The first-order valence-electron chi connectivity index (χ1n) is 5.10. The van der Waals surface area contributed by atoms with Crippen LogP contribution in [0.25, 0.3) is 0 Å². The van der Waals surface area contributed by atoms with Crippen molar-refractivity contribution in [2.75, 3.05) is 26.4 Å². The highest BCUT2D eigenvalue weighted by molar-refractivity contribution is 5.67. The molecule has 1 N–H and O–H groups in total. The van der Waals surface area contributed by atoms with Gasteiger partial charge in [0, 0.05) is 25.0 Å². The molecule has 0 aromatic carbocycles. The van der Waals surface area contributed by atoms with Crippen molar-refractivity contribution >= 4 is 5.97 Å². The molecule has 80 valence electrons. The molecular weight excluding hydrogens is 184 g/mol. The minimum absolute atomic E-state index is 0.00333. The average molecular weight is 200 g/mol. The molecule has 2 aliphatic rings. The van der Waals surface area contributed by atoms with Gasteiger partial charge in [-0.15, -0.1) is 0 Å². The molecule has 0 bridgehead atoms. The Kier molecular flexibility index (Phi) is 2.74. The smallest absolute Gasteiger partial charge is 0.303 e. The summed E-state index contributed by atoms with van der Waals surface area (Å²) in [4.78, 5) is 10.7. The van der Waals surface area contributed by atoms with Crippen molar-refractivity contribution in [3.8, 4) is 0 Å². The Morgan fingerprint density at radius 3 is 2.64 bits per heavy atom. The van der Waals surface area contributed by atoms with E-state index in [2.05, 4.69) is 0 Å². The lowest BCUT2D eigenvalue weighted by Gasteiger charge is -2.39. The maximum atomic E-state index is 10.7. The Balaban J connectivity index is 2.06. The summed E-state index contributed by atoms with van der Waals surface area (Å²) in [6.07, 6.45) is 2.06. The first kappa shape index (κ1) is 9.93. The van der Waals surface area contributed by atoms with Gasteiger partial charge in [0.15, 0.2) is 0 Å². The third kappa shape index (κ3) is 1.77. The fourth-order valence-corrected chi connectivity index (χ4v) is 2.51. The van der Waals surface area contributed by atoms with Gasteiger partial charge in [0.1, 0.15) is 0 Å². The van der Waals surface area contributed by atoms with Gasteiger partial charge in [-0.05, 0) is 18.8 Å². The lowest BCUT2D eigenvalue weighted by atomic mass is 9.71. The maximum Gasteiger partial charge on any atom is 0.303 e. The fourth-order valence-electron chi connectivity index (χ4n) is 2.51. The SMILES string of the molecule is O=C(O)CC1CCOCC12CCOC2. The first-order chi connectivity index (χ1) is 6.73. The number of hydrogen-bond acceptors (Lipinski definition) is 3. The second-order valence-electron chi connectivity index (χ2n) is 4.30. The van der Waals surface area contributed by atoms with Crippen LogP contribution in [0, 0.1) is 11.3 Å². The molecule has 0 aromatic heterocycles. The summed E-state index contributed by atoms with van der Waals surface area (Å²) in [5.74, 6) is -0.473. The lowest BCUT2D eigenvalue weighted by Crippen LogP contribution is -2.41. The highest BCUT2D eigenvalue weighted by Crippen LogP contribution is 2.43. The van der Waals surface area contributed by atoms with E-state index in [-0.39, 0.29) is 17.8 Å². The second kappa shape index (κ2) is 3.87. The number of carboxylic acids is 1. The third-order valence-electron chi connectivity index (χ3n) is 3.42. The summed E-state index contributed by atoms with van der Waals surface area (Å²) in [5.41, 5.74) is -0.00333. The van der Waals surface area contributed by atoms with E-state index >= 15 is 0 Å². The molecule has 1 spiro atoms. The van der Waals surface area contributed by atoms with Crippen molar-refractivity contribution in [3.63, 3.8) is 0 Å². The van der Waals surface area contributed by atoms with Crippen LogP contribution in [0.2, 0.25) is 0 Å². The fraction of sp³-hybridized carbons (Fsp3) is 0.900. The van der Waals surface area contributed by atoms with Crippen LogP contribution in [-0.4, -0.2) is 37.5 Å². The molecule has 2 rings (SSSR count). The summed E-state index contributed by atoms with van der Waals surface area (Å²) < 4.78 is 10.8. The van der Waals surface area contributed by atoms with Crippen molar-refractivity contribution < 1.29 is 19.4 Å². The van der Waals surface area contributed by atoms with Gasteiger partial charge in [-0.3, -0.25) is 4.79 Å². The van der Waals surface area contributed by atoms with E-state index in [1.807, 2.05) is 0 Å². The maximum absolute atomic E-state index is 10.7. The standard InChI is InChI=1S/C10H16O4/c11-9(12)5-8-1-3-13-6-10(8)2-4-14-7-10/h8H,1-7H2,(H,11,12). The normalized spacial score (nSPS) is 37.6. The summed E-state index contributed by atoms with van der Waals surface area (Å²) in [6.45, 7) is 2.79. The Morgan fingerprint density at radius 2 is 2.07 bits per heavy atom. The van der Waals surface area contributed by atoms with Crippen LogP contribution >= 0.6 is 0 Å². The molecule has 2 heterocycles. The van der Waals surface area contributed by atoms with Crippen molar-refractivity contribution in [1.29, 1.82) is 0 Å². The van der Waals surface area contributed by atoms with E-state index in [0.29, 0.717) is 19.8 Å². The van der Waals surface area contributed by atoms with Gasteiger partial charge in [-0.25, -0.2) is 0 Å². The van der Waals surface area contributed by atoms with E-state index in [1.54, 1.807) is 0 Å². The summed E-state index contributed by atoms with van der Waals surface area (Å²) in [6, 6.07) is 0. The molecule has 2 unspecified atom stereocenters. The van der Waals surface area contributed by atoms with Gasteiger partial charge in [0.05, 0.1) is 13.2 Å². The molecular formula is C10H16O4. The first-order valence-corrected chi connectivity index (χ1v) is 5.10. The van der Waals surface area contributed by atoms with Crippen LogP contribution in [0.3, 0.4) is 0 Å². The molecule has 2 fully saturated rings. The zero-order valence-electron chi connectivity index (χ0n) is 8.20. The number of ether oxygens (including phenoxy) is 2. The van der Waals surface area contributed by atoms with Crippen LogP contribution in [0.5, 0.6) is 0 Å². The van der Waals surface area contributed by atoms with Gasteiger partial charge >= 0.3 is 5.97 Å². The monoisotopic (exact) mass is 200 g/mol. The molecule has 2 atom stereocenters. The average Bonchev–Trinajstić information content (AvgIpc) is 2.58. The van der Waals surface area contributed by atoms with E-state index in [9.17, 15) is 4.79 Å². The lowest BCUT2D eigenvalue weighted by molar-refractivity contribution is -0.142. The zero-order valence-corrected chi connectivity index (χ0v) is 8.20. The molecule has 2 aliphatic heterocycles. The molecule has 4 heteroatoms.